The number of nitrogens with zero attached hydrogens (tertiary/aromatic N) is 1. The molecule has 4 unspecified atom stereocenters. The summed E-state index contributed by atoms with van der Waals surface area (Å²) in [5, 5.41) is 10.1. The Balaban J connectivity index is 1.87. The maximum Gasteiger partial charge on any atom is 0.308 e. The van der Waals surface area contributed by atoms with Crippen molar-refractivity contribution < 1.29 is 9.90 Å². The monoisotopic (exact) mass is 279 g/mol. The first-order chi connectivity index (χ1) is 9.09. The molecule has 2 fully saturated rings. The van der Waals surface area contributed by atoms with Gasteiger partial charge in [0.05, 0.1) is 5.92 Å². The van der Waals surface area contributed by atoms with E-state index in [4.69, 9.17) is 11.6 Å². The third-order valence-corrected chi connectivity index (χ3v) is 5.05. The Morgan fingerprint density at radius 3 is 2.79 bits per heavy atom. The van der Waals surface area contributed by atoms with E-state index in [1.54, 1.807) is 0 Å². The Hall–Kier alpha value is -1.06. The topological polar surface area (TPSA) is 40.5 Å². The average molecular weight is 280 g/mol. The largest absolute Gasteiger partial charge is 0.481 e. The van der Waals surface area contributed by atoms with Crippen LogP contribution in [0.2, 0.25) is 5.02 Å². The van der Waals surface area contributed by atoms with Gasteiger partial charge >= 0.3 is 5.97 Å². The van der Waals surface area contributed by atoms with E-state index in [2.05, 4.69) is 11.8 Å². The predicted molar refractivity (Wildman–Crippen MR) is 74.3 cm³/mol. The Morgan fingerprint density at radius 2 is 2.16 bits per heavy atom. The maximum absolute atomic E-state index is 11.3. The third kappa shape index (κ3) is 2.05. The van der Waals surface area contributed by atoms with E-state index in [1.807, 2.05) is 24.3 Å². The predicted octanol–water partition coefficient (Wildman–Crippen LogP) is 3.34. The zero-order chi connectivity index (χ0) is 13.6. The van der Waals surface area contributed by atoms with E-state index in [-0.39, 0.29) is 18.0 Å². The van der Waals surface area contributed by atoms with Crippen molar-refractivity contribution in [1.82, 2.24) is 4.90 Å². The Bertz CT molecular complexity index is 505. The van der Waals surface area contributed by atoms with Gasteiger partial charge in [0.25, 0.3) is 0 Å². The van der Waals surface area contributed by atoms with E-state index in [0.717, 1.165) is 29.8 Å². The molecule has 2 bridgehead atoms. The number of hydrogen-bond donors (Lipinski definition) is 1. The second kappa shape index (κ2) is 4.80. The van der Waals surface area contributed by atoms with Crippen LogP contribution in [-0.2, 0) is 4.79 Å². The summed E-state index contributed by atoms with van der Waals surface area (Å²) in [5.74, 6) is -0.854. The molecule has 2 aliphatic heterocycles. The van der Waals surface area contributed by atoms with Gasteiger partial charge in [-0.2, -0.15) is 0 Å². The molecule has 19 heavy (non-hydrogen) atoms. The molecule has 3 nitrogen and oxygen atoms in total. The minimum Gasteiger partial charge on any atom is -0.481 e. The summed E-state index contributed by atoms with van der Waals surface area (Å²) >= 11 is 6.27. The van der Waals surface area contributed by atoms with Crippen LogP contribution in [0.5, 0.6) is 0 Å². The Kier molecular flexibility index (Phi) is 3.27. The van der Waals surface area contributed by atoms with Crippen LogP contribution in [-0.4, -0.2) is 28.1 Å². The summed E-state index contributed by atoms with van der Waals surface area (Å²) < 4.78 is 0. The van der Waals surface area contributed by atoms with Crippen LogP contribution in [0.15, 0.2) is 24.3 Å². The molecule has 1 aromatic carbocycles. The van der Waals surface area contributed by atoms with E-state index in [0.29, 0.717) is 6.04 Å². The van der Waals surface area contributed by atoms with Crippen LogP contribution in [0.3, 0.4) is 0 Å². The number of rotatable bonds is 3. The maximum atomic E-state index is 11.3. The van der Waals surface area contributed by atoms with Crippen molar-refractivity contribution in [3.05, 3.63) is 34.9 Å². The number of hydrogen-bond acceptors (Lipinski definition) is 2. The molecule has 0 saturated carbocycles. The first kappa shape index (κ1) is 12.9. The number of carboxylic acids is 1. The van der Waals surface area contributed by atoms with Gasteiger partial charge in [0.1, 0.15) is 0 Å². The second-order valence-corrected chi connectivity index (χ2v) is 6.03. The zero-order valence-corrected chi connectivity index (χ0v) is 11.7. The normalized spacial score (nSPS) is 31.6. The van der Waals surface area contributed by atoms with Crippen LogP contribution >= 0.6 is 11.6 Å². The third-order valence-electron chi connectivity index (χ3n) is 4.71. The van der Waals surface area contributed by atoms with Crippen molar-refractivity contribution in [1.29, 1.82) is 0 Å². The molecule has 102 valence electrons. The smallest absolute Gasteiger partial charge is 0.308 e. The lowest BCUT2D eigenvalue weighted by molar-refractivity contribution is -0.142. The van der Waals surface area contributed by atoms with Gasteiger partial charge in [0, 0.05) is 23.1 Å². The standard InChI is InChI=1S/C15H18ClNO2/c1-9(11-4-2-3-5-13(11)16)17-10-6-7-14(17)12(8-10)15(18)19/h2-5,9-10,12,14H,6-8H2,1H3,(H,18,19). The second-order valence-electron chi connectivity index (χ2n) is 5.62. The van der Waals surface area contributed by atoms with E-state index in [1.165, 1.54) is 0 Å². The quantitative estimate of drug-likeness (QED) is 0.922. The highest BCUT2D eigenvalue weighted by Gasteiger charge is 2.51. The van der Waals surface area contributed by atoms with Crippen LogP contribution in [0.4, 0.5) is 0 Å². The van der Waals surface area contributed by atoms with Gasteiger partial charge < -0.3 is 5.11 Å². The number of benzene rings is 1. The van der Waals surface area contributed by atoms with Gasteiger partial charge in [-0.3, -0.25) is 9.69 Å². The van der Waals surface area contributed by atoms with Crippen molar-refractivity contribution in [2.24, 2.45) is 5.92 Å². The molecule has 4 atom stereocenters. The van der Waals surface area contributed by atoms with Crippen molar-refractivity contribution in [3.63, 3.8) is 0 Å². The molecule has 0 aliphatic carbocycles. The van der Waals surface area contributed by atoms with Gasteiger partial charge in [-0.15, -0.1) is 0 Å². The number of fused-ring (bicyclic) bond motifs is 2. The summed E-state index contributed by atoms with van der Waals surface area (Å²) in [6, 6.07) is 8.63. The van der Waals surface area contributed by atoms with Crippen molar-refractivity contribution >= 4 is 17.6 Å². The molecule has 0 amide bonds. The number of aliphatic carboxylic acids is 1. The summed E-state index contributed by atoms with van der Waals surface area (Å²) in [6.45, 7) is 2.14. The molecule has 1 aromatic rings. The minimum absolute atomic E-state index is 0.175. The SMILES string of the molecule is CC(c1ccccc1Cl)N1C2CCC1C(C(=O)O)C2. The lowest BCUT2D eigenvalue weighted by atomic mass is 9.89. The molecule has 0 spiro atoms. The summed E-state index contributed by atoms with van der Waals surface area (Å²) in [4.78, 5) is 13.7. The highest BCUT2D eigenvalue weighted by molar-refractivity contribution is 6.31. The van der Waals surface area contributed by atoms with Crippen LogP contribution in [0.25, 0.3) is 0 Å². The summed E-state index contributed by atoms with van der Waals surface area (Å²) in [6.07, 6.45) is 2.90. The first-order valence-corrected chi connectivity index (χ1v) is 7.22. The van der Waals surface area contributed by atoms with Crippen LogP contribution < -0.4 is 0 Å². The number of carbonyl (C=O) groups is 1. The molecule has 2 saturated heterocycles. The van der Waals surface area contributed by atoms with Gasteiger partial charge in [-0.25, -0.2) is 0 Å². The molecule has 4 heteroatoms. The first-order valence-electron chi connectivity index (χ1n) is 6.84. The fourth-order valence-electron chi connectivity index (χ4n) is 3.87. The summed E-state index contributed by atoms with van der Waals surface area (Å²) in [7, 11) is 0. The van der Waals surface area contributed by atoms with Crippen LogP contribution in [0.1, 0.15) is 37.8 Å². The molecular formula is C15H18ClNO2. The fourth-order valence-corrected chi connectivity index (χ4v) is 4.17. The van der Waals surface area contributed by atoms with Crippen molar-refractivity contribution in [3.8, 4) is 0 Å². The molecule has 0 aromatic heterocycles. The lowest BCUT2D eigenvalue weighted by Gasteiger charge is -2.30. The van der Waals surface area contributed by atoms with Gasteiger partial charge in [-0.05, 0) is 37.8 Å². The molecule has 2 heterocycles. The molecular weight excluding hydrogens is 262 g/mol. The molecule has 0 radical (unpaired) electrons. The molecule has 1 N–H and O–H groups in total. The van der Waals surface area contributed by atoms with E-state index >= 15 is 0 Å². The zero-order valence-electron chi connectivity index (χ0n) is 10.9. The van der Waals surface area contributed by atoms with Crippen molar-refractivity contribution in [2.75, 3.05) is 0 Å². The summed E-state index contributed by atoms with van der Waals surface area (Å²) in [5.41, 5.74) is 1.10. The highest BCUT2D eigenvalue weighted by Crippen LogP contribution is 2.47. The van der Waals surface area contributed by atoms with Gasteiger partial charge in [0.2, 0.25) is 0 Å². The van der Waals surface area contributed by atoms with E-state index in [9.17, 15) is 9.90 Å². The minimum atomic E-state index is -0.649. The Morgan fingerprint density at radius 1 is 1.42 bits per heavy atom. The van der Waals surface area contributed by atoms with Gasteiger partial charge in [0.15, 0.2) is 0 Å². The van der Waals surface area contributed by atoms with Gasteiger partial charge in [-0.1, -0.05) is 29.8 Å². The van der Waals surface area contributed by atoms with E-state index < -0.39 is 5.97 Å². The number of carboxylic acid groups (broad SMARTS) is 1. The fraction of sp³-hybridized carbons (Fsp3) is 0.533. The average Bonchev–Trinajstić information content (AvgIpc) is 2.96. The molecule has 2 aliphatic rings. The van der Waals surface area contributed by atoms with Crippen LogP contribution in [0, 0.1) is 5.92 Å². The number of halogens is 1. The Labute approximate surface area is 118 Å². The highest BCUT2D eigenvalue weighted by atomic mass is 35.5. The van der Waals surface area contributed by atoms with Crippen molar-refractivity contribution in [2.45, 2.75) is 44.3 Å². The molecule has 3 rings (SSSR count). The lowest BCUT2D eigenvalue weighted by Crippen LogP contribution is -2.35.